The number of hydrogen-bond acceptors (Lipinski definition) is 7. The van der Waals surface area contributed by atoms with E-state index in [-0.39, 0.29) is 11.9 Å². The zero-order chi connectivity index (χ0) is 35.4. The average molecular weight is 667 g/mol. The molecule has 0 aliphatic carbocycles. The van der Waals surface area contributed by atoms with Gasteiger partial charge in [0.05, 0.1) is 35.9 Å². The average Bonchev–Trinajstić information content (AvgIpc) is 3.83. The lowest BCUT2D eigenvalue weighted by Crippen LogP contribution is -2.29. The fourth-order valence-electron chi connectivity index (χ4n) is 5.26. The van der Waals surface area contributed by atoms with Gasteiger partial charge in [0.1, 0.15) is 17.5 Å². The maximum absolute atomic E-state index is 15.1. The molecule has 256 valence electrons. The van der Waals surface area contributed by atoms with E-state index >= 15 is 4.39 Å². The fraction of sp³-hybridized carbons (Fsp3) is 0.333. The van der Waals surface area contributed by atoms with Crippen LogP contribution in [0.15, 0.2) is 54.9 Å². The molecule has 0 spiro atoms. The van der Waals surface area contributed by atoms with Gasteiger partial charge in [-0.05, 0) is 61.1 Å². The van der Waals surface area contributed by atoms with Gasteiger partial charge >= 0.3 is 6.09 Å². The number of carboxylic acids is 3. The number of H-pyrrole nitrogens is 2. The predicted molar refractivity (Wildman–Crippen MR) is 174 cm³/mol. The summed E-state index contributed by atoms with van der Waals surface area (Å²) in [7, 11) is 0. The van der Waals surface area contributed by atoms with Crippen LogP contribution in [-0.4, -0.2) is 82.4 Å². The van der Waals surface area contributed by atoms with E-state index in [4.69, 9.17) is 29.7 Å². The first-order chi connectivity index (χ1) is 22.8. The van der Waals surface area contributed by atoms with Gasteiger partial charge in [0, 0.05) is 32.9 Å². The predicted octanol–water partition coefficient (Wildman–Crippen LogP) is 5.79. The Hall–Kier alpha value is -5.57. The number of aliphatic carboxylic acids is 3. The molecule has 2 aliphatic rings. The van der Waals surface area contributed by atoms with Gasteiger partial charge in [-0.15, -0.1) is 0 Å². The first-order valence-electron chi connectivity index (χ1n) is 15.1. The van der Waals surface area contributed by atoms with Gasteiger partial charge in [0.25, 0.3) is 17.9 Å². The Bertz CT molecular complexity index is 1660. The lowest BCUT2D eigenvalue weighted by molar-refractivity contribution is -0.135. The molecule has 2 atom stereocenters. The lowest BCUT2D eigenvalue weighted by Gasteiger charge is -2.19. The van der Waals surface area contributed by atoms with Crippen LogP contribution in [0.5, 0.6) is 0 Å². The highest BCUT2D eigenvalue weighted by Crippen LogP contribution is 2.33. The number of nitrogens with zero attached hydrogens (tertiary/aromatic N) is 3. The zero-order valence-electron chi connectivity index (χ0n) is 26.7. The number of carbonyl (C=O) groups is 4. The second kappa shape index (κ2) is 17.4. The van der Waals surface area contributed by atoms with Gasteiger partial charge < -0.3 is 35.7 Å². The van der Waals surface area contributed by atoms with Crippen molar-refractivity contribution in [3.8, 4) is 33.6 Å². The summed E-state index contributed by atoms with van der Waals surface area (Å²) in [5.41, 5.74) is 4.61. The number of benzene rings is 2. The summed E-state index contributed by atoms with van der Waals surface area (Å²) in [4.78, 5) is 55.3. The Balaban J connectivity index is 0.000000453. The van der Waals surface area contributed by atoms with Crippen molar-refractivity contribution >= 4 is 24.0 Å². The molecule has 1 amide bonds. The molecule has 0 bridgehead atoms. The van der Waals surface area contributed by atoms with Crippen molar-refractivity contribution in [1.82, 2.24) is 30.2 Å². The molecule has 0 saturated carbocycles. The highest BCUT2D eigenvalue weighted by Gasteiger charge is 2.32. The van der Waals surface area contributed by atoms with Crippen LogP contribution in [0.3, 0.4) is 0 Å². The maximum atomic E-state index is 15.1. The summed E-state index contributed by atoms with van der Waals surface area (Å²) < 4.78 is 15.1. The van der Waals surface area contributed by atoms with E-state index in [0.717, 1.165) is 74.8 Å². The van der Waals surface area contributed by atoms with E-state index in [1.807, 2.05) is 36.5 Å². The number of likely N-dealkylation sites (tertiary alicyclic amines) is 1. The molecule has 0 unspecified atom stereocenters. The van der Waals surface area contributed by atoms with Crippen molar-refractivity contribution in [3.05, 3.63) is 72.3 Å². The smallest absolute Gasteiger partial charge is 0.407 e. The third kappa shape index (κ3) is 10.8. The summed E-state index contributed by atoms with van der Waals surface area (Å²) in [6.45, 7) is 4.76. The van der Waals surface area contributed by atoms with Crippen molar-refractivity contribution in [2.24, 2.45) is 0 Å². The van der Waals surface area contributed by atoms with Crippen LogP contribution < -0.4 is 5.32 Å². The summed E-state index contributed by atoms with van der Waals surface area (Å²) in [5, 5.41) is 35.1. The summed E-state index contributed by atoms with van der Waals surface area (Å²) in [5.74, 6) is -1.35. The molecule has 4 heterocycles. The Morgan fingerprint density at radius 1 is 0.750 bits per heavy atom. The summed E-state index contributed by atoms with van der Waals surface area (Å²) in [6, 6.07) is 13.1. The topological polar surface area (TPSA) is 222 Å². The third-order valence-corrected chi connectivity index (χ3v) is 7.18. The first-order valence-corrected chi connectivity index (χ1v) is 15.1. The molecule has 2 saturated heterocycles. The number of carboxylic acid groups (broad SMARTS) is 4. The number of hydrogen-bond donors (Lipinski definition) is 7. The second-order valence-corrected chi connectivity index (χ2v) is 11.0. The van der Waals surface area contributed by atoms with E-state index < -0.39 is 24.0 Å². The van der Waals surface area contributed by atoms with Crippen LogP contribution in [0.25, 0.3) is 33.6 Å². The number of imidazole rings is 2. The highest BCUT2D eigenvalue weighted by atomic mass is 19.1. The van der Waals surface area contributed by atoms with Crippen LogP contribution >= 0.6 is 0 Å². The van der Waals surface area contributed by atoms with E-state index in [1.165, 1.54) is 11.0 Å². The molecule has 2 aromatic heterocycles. The molecule has 2 fully saturated rings. The molecule has 6 rings (SSSR count). The number of halogens is 1. The van der Waals surface area contributed by atoms with Crippen molar-refractivity contribution in [2.45, 2.75) is 58.5 Å². The summed E-state index contributed by atoms with van der Waals surface area (Å²) >= 11 is 0. The number of rotatable bonds is 5. The van der Waals surface area contributed by atoms with Crippen LogP contribution in [0.4, 0.5) is 9.18 Å². The van der Waals surface area contributed by atoms with Crippen LogP contribution in [0, 0.1) is 5.82 Å². The standard InChI is InChI=1S/C27H27FN6O2.3C2H4O2/c28-20-13-18(9-10-19(20)23-15-31-26(33-23)24-4-2-12-34(24)27(35)36)16-5-7-17(8-6-16)22-14-30-25(32-22)21-3-1-11-29-21;3*1-2(3)4/h5-10,13-15,21,24,29H,1-4,11-12H2,(H,30,32)(H,31,33)(H,35,36);3*1H3,(H,3,4)/t21-,24-;;;/m0.../s1. The minimum Gasteiger partial charge on any atom is -0.481 e. The Labute approximate surface area is 275 Å². The molecule has 0 radical (unpaired) electrons. The molecular weight excluding hydrogens is 627 g/mol. The lowest BCUT2D eigenvalue weighted by atomic mass is 10.0. The molecule has 2 aliphatic heterocycles. The maximum Gasteiger partial charge on any atom is 0.407 e. The number of aromatic nitrogens is 4. The first kappa shape index (κ1) is 36.9. The number of aromatic amines is 2. The van der Waals surface area contributed by atoms with Gasteiger partial charge in [0.15, 0.2) is 0 Å². The quantitative estimate of drug-likeness (QED) is 0.135. The SMILES string of the molecule is CC(=O)O.CC(=O)O.CC(=O)O.O=C(O)N1CCC[C@H]1c1ncc(-c2ccc(-c3ccc(-c4cnc([C@@H]5CCCN5)[nH]4)cc3)cc2F)[nH]1. The zero-order valence-corrected chi connectivity index (χ0v) is 26.7. The largest absolute Gasteiger partial charge is 0.481 e. The number of amides is 1. The van der Waals surface area contributed by atoms with E-state index in [0.29, 0.717) is 36.1 Å². The monoisotopic (exact) mass is 666 g/mol. The van der Waals surface area contributed by atoms with Crippen molar-refractivity contribution in [1.29, 1.82) is 0 Å². The molecular formula is C33H39FN6O8. The minimum atomic E-state index is -0.962. The van der Waals surface area contributed by atoms with Gasteiger partial charge in [-0.3, -0.25) is 19.3 Å². The highest BCUT2D eigenvalue weighted by molar-refractivity contribution is 5.72. The Morgan fingerprint density at radius 3 is 1.85 bits per heavy atom. The molecule has 15 heteroatoms. The van der Waals surface area contributed by atoms with Crippen molar-refractivity contribution < 1.29 is 44.0 Å². The molecule has 7 N–H and O–H groups in total. The molecule has 2 aromatic carbocycles. The van der Waals surface area contributed by atoms with Gasteiger partial charge in [-0.25, -0.2) is 19.2 Å². The van der Waals surface area contributed by atoms with E-state index in [2.05, 4.69) is 25.3 Å². The fourth-order valence-corrected chi connectivity index (χ4v) is 5.26. The van der Waals surface area contributed by atoms with Crippen LogP contribution in [-0.2, 0) is 14.4 Å². The normalized spacial score (nSPS) is 16.4. The molecule has 48 heavy (non-hydrogen) atoms. The van der Waals surface area contributed by atoms with Crippen molar-refractivity contribution in [3.63, 3.8) is 0 Å². The van der Waals surface area contributed by atoms with Crippen LogP contribution in [0.1, 0.15) is 70.2 Å². The van der Waals surface area contributed by atoms with E-state index in [9.17, 15) is 9.90 Å². The van der Waals surface area contributed by atoms with Crippen molar-refractivity contribution in [2.75, 3.05) is 13.1 Å². The Kier molecular flexibility index (Phi) is 13.4. The van der Waals surface area contributed by atoms with Gasteiger partial charge in [-0.1, -0.05) is 30.3 Å². The number of nitrogens with one attached hydrogen (secondary N) is 3. The van der Waals surface area contributed by atoms with E-state index in [1.54, 1.807) is 12.3 Å². The van der Waals surface area contributed by atoms with Crippen LogP contribution in [0.2, 0.25) is 0 Å². The van der Waals surface area contributed by atoms with Gasteiger partial charge in [-0.2, -0.15) is 0 Å². The third-order valence-electron chi connectivity index (χ3n) is 7.18. The minimum absolute atomic E-state index is 0.291. The van der Waals surface area contributed by atoms with Gasteiger partial charge in [0.2, 0.25) is 0 Å². The molecule has 4 aromatic rings. The molecule has 14 nitrogen and oxygen atoms in total. The second-order valence-electron chi connectivity index (χ2n) is 11.0. The Morgan fingerprint density at radius 2 is 1.29 bits per heavy atom. The summed E-state index contributed by atoms with van der Waals surface area (Å²) in [6.07, 6.45) is 6.21.